The molecule has 7 heteroatoms. The van der Waals surface area contributed by atoms with Crippen LogP contribution in [0.3, 0.4) is 0 Å². The van der Waals surface area contributed by atoms with Crippen molar-refractivity contribution >= 4 is 22.4 Å². The third-order valence-electron chi connectivity index (χ3n) is 3.21. The van der Waals surface area contributed by atoms with E-state index in [2.05, 4.69) is 20.3 Å². The molecule has 0 bridgehead atoms. The van der Waals surface area contributed by atoms with E-state index in [1.165, 1.54) is 0 Å². The van der Waals surface area contributed by atoms with Crippen LogP contribution in [0.4, 0.5) is 5.13 Å². The van der Waals surface area contributed by atoms with Crippen LogP contribution >= 0.6 is 11.3 Å². The molecule has 0 fully saturated rings. The Balaban J connectivity index is 1.76. The Bertz CT molecular complexity index is 579. The lowest BCUT2D eigenvalue weighted by Crippen LogP contribution is -2.17. The zero-order valence-corrected chi connectivity index (χ0v) is 11.0. The molecule has 0 amide bonds. The van der Waals surface area contributed by atoms with E-state index in [-0.39, 0.29) is 0 Å². The Hall–Kier alpha value is -1.89. The van der Waals surface area contributed by atoms with Crippen LogP contribution in [0.5, 0.6) is 0 Å². The number of nitrogens with zero attached hydrogens (tertiary/aromatic N) is 2. The molecule has 2 heterocycles. The number of carbonyl (C=O) groups is 1. The van der Waals surface area contributed by atoms with Crippen molar-refractivity contribution in [3.63, 3.8) is 0 Å². The standard InChI is InChI=1S/C12H14N4O2S/c17-11(18)7-2-1-3-8-10(7)16-12(19-8)15-6-9-13-4-5-14-9/h4-5,7H,1-3,6H2,(H,13,14)(H,15,16)(H,17,18). The first kappa shape index (κ1) is 12.2. The van der Waals surface area contributed by atoms with E-state index >= 15 is 0 Å². The van der Waals surface area contributed by atoms with E-state index in [0.29, 0.717) is 13.0 Å². The van der Waals surface area contributed by atoms with E-state index in [4.69, 9.17) is 0 Å². The number of carboxylic acid groups (broad SMARTS) is 1. The summed E-state index contributed by atoms with van der Waals surface area (Å²) in [6.45, 7) is 0.567. The molecule has 0 saturated heterocycles. The number of H-pyrrole nitrogens is 1. The lowest BCUT2D eigenvalue weighted by Gasteiger charge is -2.16. The lowest BCUT2D eigenvalue weighted by atomic mass is 9.91. The molecule has 0 radical (unpaired) electrons. The number of aromatic nitrogens is 3. The number of rotatable bonds is 4. The summed E-state index contributed by atoms with van der Waals surface area (Å²) in [4.78, 5) is 23.9. The van der Waals surface area contributed by atoms with Crippen molar-refractivity contribution in [2.75, 3.05) is 5.32 Å². The van der Waals surface area contributed by atoms with Crippen molar-refractivity contribution in [1.82, 2.24) is 15.0 Å². The summed E-state index contributed by atoms with van der Waals surface area (Å²) in [6.07, 6.45) is 6.00. The summed E-state index contributed by atoms with van der Waals surface area (Å²) in [5.41, 5.74) is 0.741. The minimum absolute atomic E-state index is 0.445. The highest BCUT2D eigenvalue weighted by atomic mass is 32.1. The number of aliphatic carboxylic acids is 1. The van der Waals surface area contributed by atoms with E-state index in [9.17, 15) is 9.90 Å². The molecule has 19 heavy (non-hydrogen) atoms. The molecule has 2 aromatic rings. The minimum Gasteiger partial charge on any atom is -0.481 e. The summed E-state index contributed by atoms with van der Waals surface area (Å²) in [5.74, 6) is -0.383. The molecule has 1 unspecified atom stereocenters. The van der Waals surface area contributed by atoms with Crippen LogP contribution in [-0.4, -0.2) is 26.0 Å². The number of aryl methyl sites for hydroxylation is 1. The Kier molecular flexibility index (Phi) is 3.20. The molecule has 0 saturated carbocycles. The summed E-state index contributed by atoms with van der Waals surface area (Å²) in [5, 5.41) is 13.2. The van der Waals surface area contributed by atoms with Gasteiger partial charge in [-0.2, -0.15) is 0 Å². The molecular formula is C12H14N4O2S. The van der Waals surface area contributed by atoms with Gasteiger partial charge in [-0.1, -0.05) is 0 Å². The molecule has 1 aliphatic carbocycles. The second kappa shape index (κ2) is 5.00. The van der Waals surface area contributed by atoms with Gasteiger partial charge < -0.3 is 15.4 Å². The number of hydrogen-bond acceptors (Lipinski definition) is 5. The second-order valence-corrected chi connectivity index (χ2v) is 5.58. The quantitative estimate of drug-likeness (QED) is 0.795. The third-order valence-corrected chi connectivity index (χ3v) is 4.30. The molecule has 3 rings (SSSR count). The SMILES string of the molecule is O=C(O)C1CCCc2sc(NCc3ncc[nH]3)nc21. The predicted molar refractivity (Wildman–Crippen MR) is 71.3 cm³/mol. The number of anilines is 1. The Morgan fingerprint density at radius 1 is 1.63 bits per heavy atom. The predicted octanol–water partition coefficient (Wildman–Crippen LogP) is 1.98. The first-order chi connectivity index (χ1) is 9.24. The topological polar surface area (TPSA) is 90.9 Å². The number of aromatic amines is 1. The number of hydrogen-bond donors (Lipinski definition) is 3. The average molecular weight is 278 g/mol. The van der Waals surface area contributed by atoms with Gasteiger partial charge in [0.25, 0.3) is 0 Å². The smallest absolute Gasteiger partial charge is 0.312 e. The Morgan fingerprint density at radius 2 is 2.53 bits per heavy atom. The summed E-state index contributed by atoms with van der Waals surface area (Å²) >= 11 is 1.55. The fraction of sp³-hybridized carbons (Fsp3) is 0.417. The summed E-state index contributed by atoms with van der Waals surface area (Å²) in [7, 11) is 0. The van der Waals surface area contributed by atoms with Gasteiger partial charge in [-0.3, -0.25) is 4.79 Å². The van der Waals surface area contributed by atoms with Gasteiger partial charge in [0.2, 0.25) is 0 Å². The van der Waals surface area contributed by atoms with Crippen LogP contribution in [0, 0.1) is 0 Å². The number of nitrogens with one attached hydrogen (secondary N) is 2. The van der Waals surface area contributed by atoms with Gasteiger partial charge in [-0.05, 0) is 19.3 Å². The van der Waals surface area contributed by atoms with Crippen LogP contribution in [0.15, 0.2) is 12.4 Å². The molecule has 6 nitrogen and oxygen atoms in total. The fourth-order valence-electron chi connectivity index (χ4n) is 2.29. The van der Waals surface area contributed by atoms with Crippen LogP contribution < -0.4 is 5.32 Å². The van der Waals surface area contributed by atoms with Crippen molar-refractivity contribution in [2.24, 2.45) is 0 Å². The van der Waals surface area contributed by atoms with Gasteiger partial charge in [-0.15, -0.1) is 11.3 Å². The van der Waals surface area contributed by atoms with Gasteiger partial charge in [-0.25, -0.2) is 9.97 Å². The third kappa shape index (κ3) is 2.46. The van der Waals surface area contributed by atoms with Crippen molar-refractivity contribution in [3.8, 4) is 0 Å². The van der Waals surface area contributed by atoms with Crippen molar-refractivity contribution in [1.29, 1.82) is 0 Å². The van der Waals surface area contributed by atoms with Crippen LogP contribution in [0.1, 0.15) is 35.2 Å². The number of fused-ring (bicyclic) bond motifs is 1. The van der Waals surface area contributed by atoms with Gasteiger partial charge in [0.1, 0.15) is 11.7 Å². The molecule has 100 valence electrons. The number of thiazole rings is 1. The maximum Gasteiger partial charge on any atom is 0.312 e. The highest BCUT2D eigenvalue weighted by Crippen LogP contribution is 2.36. The summed E-state index contributed by atoms with van der Waals surface area (Å²) in [6, 6.07) is 0. The molecule has 0 aliphatic heterocycles. The van der Waals surface area contributed by atoms with Crippen molar-refractivity contribution in [3.05, 3.63) is 28.8 Å². The Morgan fingerprint density at radius 3 is 3.26 bits per heavy atom. The molecule has 2 aromatic heterocycles. The highest BCUT2D eigenvalue weighted by molar-refractivity contribution is 7.15. The average Bonchev–Trinajstić information content (AvgIpc) is 3.04. The van der Waals surface area contributed by atoms with Crippen LogP contribution in [-0.2, 0) is 17.8 Å². The number of imidazole rings is 1. The van der Waals surface area contributed by atoms with E-state index in [1.807, 2.05) is 0 Å². The summed E-state index contributed by atoms with van der Waals surface area (Å²) < 4.78 is 0. The lowest BCUT2D eigenvalue weighted by molar-refractivity contribution is -0.139. The van der Waals surface area contributed by atoms with E-state index in [1.54, 1.807) is 23.7 Å². The highest BCUT2D eigenvalue weighted by Gasteiger charge is 2.29. The van der Waals surface area contributed by atoms with Gasteiger partial charge in [0, 0.05) is 17.3 Å². The zero-order valence-electron chi connectivity index (χ0n) is 10.2. The largest absolute Gasteiger partial charge is 0.481 e. The normalized spacial score (nSPS) is 18.0. The van der Waals surface area contributed by atoms with Crippen molar-refractivity contribution < 1.29 is 9.90 Å². The molecule has 0 aromatic carbocycles. The van der Waals surface area contributed by atoms with Gasteiger partial charge >= 0.3 is 5.97 Å². The minimum atomic E-state index is -0.774. The number of carboxylic acids is 1. The van der Waals surface area contributed by atoms with E-state index in [0.717, 1.165) is 34.4 Å². The maximum atomic E-state index is 11.2. The van der Waals surface area contributed by atoms with Gasteiger partial charge in [0.05, 0.1) is 12.2 Å². The van der Waals surface area contributed by atoms with E-state index < -0.39 is 11.9 Å². The van der Waals surface area contributed by atoms with Crippen LogP contribution in [0.25, 0.3) is 0 Å². The molecule has 1 aliphatic rings. The van der Waals surface area contributed by atoms with Gasteiger partial charge in [0.15, 0.2) is 5.13 Å². The first-order valence-corrected chi connectivity index (χ1v) is 7.00. The maximum absolute atomic E-state index is 11.2. The molecular weight excluding hydrogens is 264 g/mol. The monoisotopic (exact) mass is 278 g/mol. The Labute approximate surface area is 113 Å². The fourth-order valence-corrected chi connectivity index (χ4v) is 3.35. The molecule has 3 N–H and O–H groups in total. The zero-order chi connectivity index (χ0) is 13.2. The van der Waals surface area contributed by atoms with Crippen molar-refractivity contribution in [2.45, 2.75) is 31.7 Å². The molecule has 0 spiro atoms. The van der Waals surface area contributed by atoms with Crippen LogP contribution in [0.2, 0.25) is 0 Å². The molecule has 1 atom stereocenters. The second-order valence-electron chi connectivity index (χ2n) is 4.50. The first-order valence-electron chi connectivity index (χ1n) is 6.18.